The predicted molar refractivity (Wildman–Crippen MR) is 145 cm³/mol. The van der Waals surface area contributed by atoms with Gasteiger partial charge < -0.3 is 21.1 Å². The number of aromatic hydroxyl groups is 1. The summed E-state index contributed by atoms with van der Waals surface area (Å²) in [6, 6.07) is 20.9. The normalized spacial score (nSPS) is 14.6. The van der Waals surface area contributed by atoms with E-state index in [4.69, 9.17) is 23.2 Å². The number of nitrogens with one attached hydrogen (secondary N) is 3. The monoisotopic (exact) mass is 511 g/mol. The zero-order chi connectivity index (χ0) is 24.6. The standard InChI is InChI=1S/C28H31Cl2N3O2/c29-23-15-24(30)17-26(16-23)33-28(35)32-18-22(13-14-31-25-3-1-2-4-25)21-7-5-19(6-8-21)20-9-11-27(34)12-10-20/h5-12,15-17,22,25,31,34H,1-4,13-14,18H2,(H2,32,33,35). The molecule has 0 spiro atoms. The van der Waals surface area contributed by atoms with Crippen LogP contribution in [0, 0.1) is 0 Å². The fraction of sp³-hybridized carbons (Fsp3) is 0.321. The molecular formula is C28H31Cl2N3O2. The molecule has 0 aromatic heterocycles. The van der Waals surface area contributed by atoms with Crippen LogP contribution in [-0.4, -0.2) is 30.3 Å². The first kappa shape index (κ1) is 25.4. The van der Waals surface area contributed by atoms with Crippen LogP contribution >= 0.6 is 23.2 Å². The second kappa shape index (κ2) is 12.3. The third-order valence-electron chi connectivity index (χ3n) is 6.49. The zero-order valence-corrected chi connectivity index (χ0v) is 21.1. The molecule has 1 unspecified atom stereocenters. The first-order chi connectivity index (χ1) is 17.0. The molecule has 0 radical (unpaired) electrons. The minimum atomic E-state index is -0.294. The van der Waals surface area contributed by atoms with Crippen LogP contribution in [0.3, 0.4) is 0 Å². The Labute approximate surface area is 216 Å². The topological polar surface area (TPSA) is 73.4 Å². The maximum Gasteiger partial charge on any atom is 0.319 e. The molecule has 4 N–H and O–H groups in total. The Hall–Kier alpha value is -2.73. The molecule has 1 saturated carbocycles. The van der Waals surface area contributed by atoms with E-state index in [-0.39, 0.29) is 17.7 Å². The van der Waals surface area contributed by atoms with Crippen LogP contribution in [0.2, 0.25) is 10.0 Å². The molecule has 0 aliphatic heterocycles. The van der Waals surface area contributed by atoms with Gasteiger partial charge in [0.05, 0.1) is 0 Å². The molecule has 0 heterocycles. The summed E-state index contributed by atoms with van der Waals surface area (Å²) in [6.07, 6.45) is 6.01. The third-order valence-corrected chi connectivity index (χ3v) is 6.93. The number of carbonyl (C=O) groups is 1. The molecule has 1 atom stereocenters. The molecule has 4 rings (SSSR count). The summed E-state index contributed by atoms with van der Waals surface area (Å²) in [5.41, 5.74) is 3.86. The first-order valence-corrected chi connectivity index (χ1v) is 12.9. The first-order valence-electron chi connectivity index (χ1n) is 12.1. The van der Waals surface area contributed by atoms with Gasteiger partial charge in [0.15, 0.2) is 0 Å². The highest BCUT2D eigenvalue weighted by atomic mass is 35.5. The summed E-state index contributed by atoms with van der Waals surface area (Å²) in [6.45, 7) is 1.41. The summed E-state index contributed by atoms with van der Waals surface area (Å²) in [7, 11) is 0. The van der Waals surface area contributed by atoms with Crippen LogP contribution in [0.1, 0.15) is 43.6 Å². The fourth-order valence-corrected chi connectivity index (χ4v) is 5.12. The Morgan fingerprint density at radius 3 is 2.14 bits per heavy atom. The van der Waals surface area contributed by atoms with Crippen LogP contribution < -0.4 is 16.0 Å². The van der Waals surface area contributed by atoms with Gasteiger partial charge >= 0.3 is 6.03 Å². The maximum absolute atomic E-state index is 12.6. The van der Waals surface area contributed by atoms with E-state index in [1.807, 2.05) is 12.1 Å². The highest BCUT2D eigenvalue weighted by Gasteiger charge is 2.17. The molecular weight excluding hydrogens is 481 g/mol. The molecule has 184 valence electrons. The summed E-state index contributed by atoms with van der Waals surface area (Å²) >= 11 is 12.1. The van der Waals surface area contributed by atoms with Crippen LogP contribution in [0.4, 0.5) is 10.5 Å². The van der Waals surface area contributed by atoms with E-state index in [0.29, 0.717) is 28.3 Å². The molecule has 1 aliphatic rings. The number of phenols is 1. The van der Waals surface area contributed by atoms with Gasteiger partial charge in [-0.1, -0.05) is 72.4 Å². The van der Waals surface area contributed by atoms with Gasteiger partial charge in [-0.2, -0.15) is 0 Å². The Kier molecular flexibility index (Phi) is 8.91. The van der Waals surface area contributed by atoms with Crippen molar-refractivity contribution in [3.63, 3.8) is 0 Å². The molecule has 0 saturated heterocycles. The molecule has 1 aliphatic carbocycles. The SMILES string of the molecule is O=C(NCC(CCNC1CCCC1)c1ccc(-c2ccc(O)cc2)cc1)Nc1cc(Cl)cc(Cl)c1. The van der Waals surface area contributed by atoms with Crippen molar-refractivity contribution in [3.8, 4) is 16.9 Å². The average molecular weight is 512 g/mol. The fourth-order valence-electron chi connectivity index (χ4n) is 4.60. The minimum Gasteiger partial charge on any atom is -0.508 e. The van der Waals surface area contributed by atoms with Crippen LogP contribution in [0.5, 0.6) is 5.75 Å². The third kappa shape index (κ3) is 7.63. The van der Waals surface area contributed by atoms with Gasteiger partial charge in [-0.15, -0.1) is 0 Å². The summed E-state index contributed by atoms with van der Waals surface area (Å²) < 4.78 is 0. The van der Waals surface area contributed by atoms with E-state index in [2.05, 4.69) is 40.2 Å². The van der Waals surface area contributed by atoms with E-state index in [1.165, 1.54) is 31.2 Å². The van der Waals surface area contributed by atoms with Crippen LogP contribution in [0.15, 0.2) is 66.7 Å². The van der Waals surface area contributed by atoms with Gasteiger partial charge in [0.2, 0.25) is 0 Å². The molecule has 3 aromatic carbocycles. The number of benzene rings is 3. The van der Waals surface area contributed by atoms with Crippen molar-refractivity contribution < 1.29 is 9.90 Å². The lowest BCUT2D eigenvalue weighted by molar-refractivity contribution is 0.251. The van der Waals surface area contributed by atoms with E-state index < -0.39 is 0 Å². The Bertz CT molecular complexity index is 1090. The van der Waals surface area contributed by atoms with Crippen molar-refractivity contribution >= 4 is 34.9 Å². The lowest BCUT2D eigenvalue weighted by Gasteiger charge is -2.21. The second-order valence-corrected chi connectivity index (χ2v) is 9.96. The largest absolute Gasteiger partial charge is 0.508 e. The summed E-state index contributed by atoms with van der Waals surface area (Å²) in [4.78, 5) is 12.6. The number of rotatable bonds is 9. The van der Waals surface area contributed by atoms with Crippen LogP contribution in [-0.2, 0) is 0 Å². The van der Waals surface area contributed by atoms with Crippen molar-refractivity contribution in [2.45, 2.75) is 44.1 Å². The van der Waals surface area contributed by atoms with Crippen molar-refractivity contribution in [3.05, 3.63) is 82.3 Å². The van der Waals surface area contributed by atoms with Gasteiger partial charge in [0.25, 0.3) is 0 Å². The average Bonchev–Trinajstić information content (AvgIpc) is 3.35. The molecule has 0 bridgehead atoms. The van der Waals surface area contributed by atoms with E-state index in [0.717, 1.165) is 24.1 Å². The summed E-state index contributed by atoms with van der Waals surface area (Å²) in [5.74, 6) is 0.413. The number of carbonyl (C=O) groups excluding carboxylic acids is 1. The Morgan fingerprint density at radius 2 is 1.51 bits per heavy atom. The lowest BCUT2D eigenvalue weighted by Crippen LogP contribution is -2.34. The molecule has 5 nitrogen and oxygen atoms in total. The Morgan fingerprint density at radius 1 is 0.914 bits per heavy atom. The number of anilines is 1. The van der Waals surface area contributed by atoms with Gasteiger partial charge in [-0.25, -0.2) is 4.79 Å². The second-order valence-electron chi connectivity index (χ2n) is 9.08. The Balaban J connectivity index is 1.40. The van der Waals surface area contributed by atoms with Gasteiger partial charge in [0, 0.05) is 34.2 Å². The molecule has 7 heteroatoms. The van der Waals surface area contributed by atoms with Crippen molar-refractivity contribution in [2.24, 2.45) is 0 Å². The van der Waals surface area contributed by atoms with Crippen molar-refractivity contribution in [1.29, 1.82) is 0 Å². The maximum atomic E-state index is 12.6. The molecule has 2 amide bonds. The number of hydrogen-bond donors (Lipinski definition) is 4. The lowest BCUT2D eigenvalue weighted by atomic mass is 9.93. The molecule has 1 fully saturated rings. The van der Waals surface area contributed by atoms with E-state index in [1.54, 1.807) is 30.3 Å². The smallest absolute Gasteiger partial charge is 0.319 e. The van der Waals surface area contributed by atoms with Gasteiger partial charge in [-0.05, 0) is 72.8 Å². The molecule has 35 heavy (non-hydrogen) atoms. The van der Waals surface area contributed by atoms with E-state index in [9.17, 15) is 9.90 Å². The quantitative estimate of drug-likeness (QED) is 0.245. The number of hydrogen-bond acceptors (Lipinski definition) is 3. The van der Waals surface area contributed by atoms with E-state index >= 15 is 0 Å². The molecule has 3 aromatic rings. The number of phenolic OH excluding ortho intramolecular Hbond substituents is 1. The van der Waals surface area contributed by atoms with Crippen molar-refractivity contribution in [1.82, 2.24) is 10.6 Å². The van der Waals surface area contributed by atoms with Gasteiger partial charge in [-0.3, -0.25) is 0 Å². The summed E-state index contributed by atoms with van der Waals surface area (Å²) in [5, 5.41) is 20.0. The minimum absolute atomic E-state index is 0.159. The van der Waals surface area contributed by atoms with Crippen molar-refractivity contribution in [2.75, 3.05) is 18.4 Å². The predicted octanol–water partition coefficient (Wildman–Crippen LogP) is 7.19. The zero-order valence-electron chi connectivity index (χ0n) is 19.6. The van der Waals surface area contributed by atoms with Gasteiger partial charge in [0.1, 0.15) is 5.75 Å². The number of halogens is 2. The highest BCUT2D eigenvalue weighted by molar-refractivity contribution is 6.35. The van der Waals surface area contributed by atoms with Crippen LogP contribution in [0.25, 0.3) is 11.1 Å². The number of amides is 2. The highest BCUT2D eigenvalue weighted by Crippen LogP contribution is 2.27. The number of urea groups is 1.